The molecule has 0 saturated heterocycles. The van der Waals surface area contributed by atoms with Crippen LogP contribution in [0.5, 0.6) is 0 Å². The summed E-state index contributed by atoms with van der Waals surface area (Å²) < 4.78 is 0. The Balaban J connectivity index is 2.19. The molecule has 0 aromatic carbocycles. The largest absolute Gasteiger partial charge is 0.348 e. The lowest BCUT2D eigenvalue weighted by Crippen LogP contribution is -2.32. The Kier molecular flexibility index (Phi) is 4.69. The van der Waals surface area contributed by atoms with Crippen molar-refractivity contribution in [2.24, 2.45) is 0 Å². The first-order valence-corrected chi connectivity index (χ1v) is 6.87. The third kappa shape index (κ3) is 3.33. The number of hydrogen-bond acceptors (Lipinski definition) is 3. The smallest absolute Gasteiger partial charge is 0.270 e. The summed E-state index contributed by atoms with van der Waals surface area (Å²) >= 11 is 6.08. The number of pyridine rings is 2. The number of nitrogens with zero attached hydrogens (tertiary/aromatic N) is 2. The highest BCUT2D eigenvalue weighted by atomic mass is 35.5. The quantitative estimate of drug-likeness (QED) is 0.939. The maximum atomic E-state index is 11.9. The minimum Gasteiger partial charge on any atom is -0.348 e. The van der Waals surface area contributed by atoms with Crippen LogP contribution in [0.1, 0.15) is 30.8 Å². The summed E-state index contributed by atoms with van der Waals surface area (Å²) in [5.41, 5.74) is 1.84. The molecule has 104 valence electrons. The van der Waals surface area contributed by atoms with E-state index in [1.165, 1.54) is 0 Å². The number of aromatic nitrogens is 2. The van der Waals surface area contributed by atoms with Crippen LogP contribution in [0.4, 0.5) is 0 Å². The normalized spacial score (nSPS) is 11.9. The minimum absolute atomic E-state index is 0.134. The Morgan fingerprint density at radius 2 is 2.15 bits per heavy atom. The summed E-state index contributed by atoms with van der Waals surface area (Å²) in [5.74, 6) is -0.169. The van der Waals surface area contributed by atoms with Crippen LogP contribution in [-0.2, 0) is 0 Å². The zero-order valence-corrected chi connectivity index (χ0v) is 12.2. The van der Waals surface area contributed by atoms with Crippen molar-refractivity contribution >= 4 is 17.5 Å². The molecule has 2 aromatic heterocycles. The first kappa shape index (κ1) is 14.5. The highest BCUT2D eigenvalue weighted by molar-refractivity contribution is 6.33. The van der Waals surface area contributed by atoms with Gasteiger partial charge < -0.3 is 5.32 Å². The Labute approximate surface area is 123 Å². The van der Waals surface area contributed by atoms with Crippen LogP contribution in [-0.4, -0.2) is 21.9 Å². The summed E-state index contributed by atoms with van der Waals surface area (Å²) in [6.45, 7) is 3.98. The summed E-state index contributed by atoms with van der Waals surface area (Å²) in [5, 5.41) is 3.43. The lowest BCUT2D eigenvalue weighted by atomic mass is 10.1. The van der Waals surface area contributed by atoms with E-state index in [1.807, 2.05) is 13.8 Å². The SMILES string of the molecule is CCC(C)NC(=O)c1ccc(-c2ncccc2Cl)cn1. The van der Waals surface area contributed by atoms with Gasteiger partial charge in [0.25, 0.3) is 5.91 Å². The zero-order valence-electron chi connectivity index (χ0n) is 11.4. The predicted molar refractivity (Wildman–Crippen MR) is 79.7 cm³/mol. The molecule has 1 amide bonds. The Morgan fingerprint density at radius 3 is 2.75 bits per heavy atom. The topological polar surface area (TPSA) is 54.9 Å². The molecule has 2 rings (SSSR count). The van der Waals surface area contributed by atoms with Gasteiger partial charge in [0.15, 0.2) is 0 Å². The zero-order chi connectivity index (χ0) is 14.5. The molecule has 2 heterocycles. The van der Waals surface area contributed by atoms with Gasteiger partial charge in [0.1, 0.15) is 5.69 Å². The van der Waals surface area contributed by atoms with E-state index in [4.69, 9.17) is 11.6 Å². The molecule has 0 aliphatic rings. The molecule has 0 aliphatic carbocycles. The third-order valence-electron chi connectivity index (χ3n) is 3.02. The van der Waals surface area contributed by atoms with Crippen LogP contribution in [0.2, 0.25) is 5.02 Å². The molecule has 0 fully saturated rings. The third-order valence-corrected chi connectivity index (χ3v) is 3.32. The Bertz CT molecular complexity index is 598. The maximum absolute atomic E-state index is 11.9. The van der Waals surface area contributed by atoms with E-state index >= 15 is 0 Å². The average molecular weight is 290 g/mol. The van der Waals surface area contributed by atoms with Crippen molar-refractivity contribution in [3.8, 4) is 11.3 Å². The van der Waals surface area contributed by atoms with E-state index in [0.717, 1.165) is 12.0 Å². The fraction of sp³-hybridized carbons (Fsp3) is 0.267. The van der Waals surface area contributed by atoms with Crippen LogP contribution in [0.3, 0.4) is 0 Å². The molecule has 0 spiro atoms. The highest BCUT2D eigenvalue weighted by Crippen LogP contribution is 2.24. The minimum atomic E-state index is -0.169. The number of hydrogen-bond donors (Lipinski definition) is 1. The van der Waals surface area contributed by atoms with Crippen LogP contribution in [0.15, 0.2) is 36.7 Å². The van der Waals surface area contributed by atoms with Crippen molar-refractivity contribution in [1.82, 2.24) is 15.3 Å². The van der Waals surface area contributed by atoms with Crippen molar-refractivity contribution in [2.75, 3.05) is 0 Å². The highest BCUT2D eigenvalue weighted by Gasteiger charge is 2.11. The summed E-state index contributed by atoms with van der Waals surface area (Å²) in [7, 11) is 0. The second-order valence-electron chi connectivity index (χ2n) is 4.55. The van der Waals surface area contributed by atoms with Gasteiger partial charge in [-0.1, -0.05) is 18.5 Å². The molecule has 0 radical (unpaired) electrons. The van der Waals surface area contributed by atoms with Gasteiger partial charge in [0.2, 0.25) is 0 Å². The van der Waals surface area contributed by atoms with E-state index in [-0.39, 0.29) is 11.9 Å². The van der Waals surface area contributed by atoms with E-state index in [0.29, 0.717) is 16.4 Å². The van der Waals surface area contributed by atoms with Crippen molar-refractivity contribution in [2.45, 2.75) is 26.3 Å². The molecule has 4 nitrogen and oxygen atoms in total. The van der Waals surface area contributed by atoms with Gasteiger partial charge >= 0.3 is 0 Å². The molecule has 1 atom stereocenters. The molecule has 2 aromatic rings. The first-order chi connectivity index (χ1) is 9.61. The lowest BCUT2D eigenvalue weighted by molar-refractivity contribution is 0.0934. The molecular formula is C15H16ClN3O. The lowest BCUT2D eigenvalue weighted by Gasteiger charge is -2.11. The number of halogens is 1. The fourth-order valence-corrected chi connectivity index (χ4v) is 1.90. The number of rotatable bonds is 4. The summed E-state index contributed by atoms with van der Waals surface area (Å²) in [6.07, 6.45) is 4.16. The number of nitrogens with one attached hydrogen (secondary N) is 1. The molecule has 1 N–H and O–H groups in total. The number of amides is 1. The number of carbonyl (C=O) groups is 1. The van der Waals surface area contributed by atoms with E-state index in [1.54, 1.807) is 36.7 Å². The van der Waals surface area contributed by atoms with Crippen molar-refractivity contribution in [3.05, 3.63) is 47.4 Å². The molecule has 5 heteroatoms. The second kappa shape index (κ2) is 6.48. The van der Waals surface area contributed by atoms with Crippen LogP contribution < -0.4 is 5.32 Å². The molecule has 20 heavy (non-hydrogen) atoms. The van der Waals surface area contributed by atoms with E-state index in [2.05, 4.69) is 15.3 Å². The van der Waals surface area contributed by atoms with Crippen molar-refractivity contribution in [3.63, 3.8) is 0 Å². The van der Waals surface area contributed by atoms with Crippen LogP contribution in [0, 0.1) is 0 Å². The van der Waals surface area contributed by atoms with Gasteiger partial charge in [-0.05, 0) is 37.6 Å². The van der Waals surface area contributed by atoms with Gasteiger partial charge in [-0.3, -0.25) is 14.8 Å². The average Bonchev–Trinajstić information content (AvgIpc) is 2.47. The summed E-state index contributed by atoms with van der Waals surface area (Å²) in [6, 6.07) is 7.15. The van der Waals surface area contributed by atoms with E-state index in [9.17, 15) is 4.79 Å². The fourth-order valence-electron chi connectivity index (χ4n) is 1.67. The molecular weight excluding hydrogens is 274 g/mol. The Morgan fingerprint density at radius 1 is 1.35 bits per heavy atom. The molecule has 0 saturated carbocycles. The van der Waals surface area contributed by atoms with Crippen LogP contribution >= 0.6 is 11.6 Å². The standard InChI is InChI=1S/C15H16ClN3O/c1-3-10(2)19-15(20)13-7-6-11(9-18-13)14-12(16)5-4-8-17-14/h4-10H,3H2,1-2H3,(H,19,20). The van der Waals surface area contributed by atoms with Gasteiger partial charge in [0, 0.05) is 24.0 Å². The number of carbonyl (C=O) groups excluding carboxylic acids is 1. The molecule has 1 unspecified atom stereocenters. The second-order valence-corrected chi connectivity index (χ2v) is 4.96. The van der Waals surface area contributed by atoms with Crippen molar-refractivity contribution < 1.29 is 4.79 Å². The van der Waals surface area contributed by atoms with Crippen molar-refractivity contribution in [1.29, 1.82) is 0 Å². The molecule has 0 bridgehead atoms. The first-order valence-electron chi connectivity index (χ1n) is 6.49. The Hall–Kier alpha value is -1.94. The predicted octanol–water partition coefficient (Wildman–Crippen LogP) is 3.33. The maximum Gasteiger partial charge on any atom is 0.270 e. The van der Waals surface area contributed by atoms with Gasteiger partial charge in [-0.25, -0.2) is 0 Å². The monoisotopic (exact) mass is 289 g/mol. The van der Waals surface area contributed by atoms with Crippen LogP contribution in [0.25, 0.3) is 11.3 Å². The van der Waals surface area contributed by atoms with E-state index < -0.39 is 0 Å². The summed E-state index contributed by atoms with van der Waals surface area (Å²) in [4.78, 5) is 20.3. The van der Waals surface area contributed by atoms with Gasteiger partial charge in [-0.15, -0.1) is 0 Å². The van der Waals surface area contributed by atoms with Gasteiger partial charge in [0.05, 0.1) is 10.7 Å². The molecule has 0 aliphatic heterocycles. The van der Waals surface area contributed by atoms with Gasteiger partial charge in [-0.2, -0.15) is 0 Å².